The van der Waals surface area contributed by atoms with Crippen LogP contribution in [0, 0.1) is 0 Å². The molecular formula is C19H23N3O2. The normalized spacial score (nSPS) is 10.2. The molecule has 2 rings (SSSR count). The van der Waals surface area contributed by atoms with Gasteiger partial charge in [0.05, 0.1) is 6.54 Å². The van der Waals surface area contributed by atoms with Gasteiger partial charge in [0.15, 0.2) is 0 Å². The number of amides is 2. The summed E-state index contributed by atoms with van der Waals surface area (Å²) in [7, 11) is 3.52. The van der Waals surface area contributed by atoms with E-state index in [0.717, 1.165) is 24.2 Å². The van der Waals surface area contributed by atoms with E-state index in [1.807, 2.05) is 55.6 Å². The molecule has 0 saturated carbocycles. The third kappa shape index (κ3) is 4.93. The third-order valence-corrected chi connectivity index (χ3v) is 3.68. The topological polar surface area (TPSA) is 61.4 Å². The van der Waals surface area contributed by atoms with Crippen molar-refractivity contribution in [2.24, 2.45) is 0 Å². The molecule has 0 radical (unpaired) electrons. The number of hydrogen-bond acceptors (Lipinski definition) is 3. The van der Waals surface area contributed by atoms with Crippen LogP contribution in [0.4, 0.5) is 5.69 Å². The lowest BCUT2D eigenvalue weighted by Gasteiger charge is -2.19. The highest BCUT2D eigenvalue weighted by Crippen LogP contribution is 2.12. The molecule has 2 amide bonds. The molecule has 0 aliphatic carbocycles. The molecule has 0 bridgehead atoms. The van der Waals surface area contributed by atoms with Gasteiger partial charge in [-0.2, -0.15) is 0 Å². The van der Waals surface area contributed by atoms with Gasteiger partial charge in [0.2, 0.25) is 5.91 Å². The summed E-state index contributed by atoms with van der Waals surface area (Å²) in [6.07, 6.45) is 0.766. The summed E-state index contributed by atoms with van der Waals surface area (Å²) >= 11 is 0. The highest BCUT2D eigenvalue weighted by molar-refractivity contribution is 6.00. The molecule has 2 aromatic carbocycles. The second-order valence-electron chi connectivity index (χ2n) is 5.59. The zero-order chi connectivity index (χ0) is 17.4. The zero-order valence-corrected chi connectivity index (χ0v) is 14.1. The van der Waals surface area contributed by atoms with Crippen LogP contribution in [0.25, 0.3) is 0 Å². The van der Waals surface area contributed by atoms with Gasteiger partial charge in [-0.25, -0.2) is 0 Å². The fourth-order valence-electron chi connectivity index (χ4n) is 2.42. The fraction of sp³-hybridized carbons (Fsp3) is 0.263. The molecule has 0 spiro atoms. The first kappa shape index (κ1) is 17.7. The van der Waals surface area contributed by atoms with Crippen molar-refractivity contribution in [3.63, 3.8) is 0 Å². The van der Waals surface area contributed by atoms with Crippen LogP contribution in [0.15, 0.2) is 54.6 Å². The van der Waals surface area contributed by atoms with Crippen molar-refractivity contribution >= 4 is 17.5 Å². The lowest BCUT2D eigenvalue weighted by molar-refractivity contribution is -0.116. The van der Waals surface area contributed by atoms with Crippen molar-refractivity contribution in [2.45, 2.75) is 6.42 Å². The van der Waals surface area contributed by atoms with Gasteiger partial charge in [0, 0.05) is 18.3 Å². The molecule has 2 N–H and O–H groups in total. The lowest BCUT2D eigenvalue weighted by atomic mass is 10.0. The molecule has 126 valence electrons. The average Bonchev–Trinajstić information content (AvgIpc) is 2.60. The summed E-state index contributed by atoms with van der Waals surface area (Å²) in [6.45, 7) is 0.802. The smallest absolute Gasteiger partial charge is 0.254 e. The molecule has 0 atom stereocenters. The predicted octanol–water partition coefficient (Wildman–Crippen LogP) is 2.16. The number of nitrogens with one attached hydrogen (secondary N) is 2. The number of anilines is 1. The van der Waals surface area contributed by atoms with Crippen LogP contribution in [-0.4, -0.2) is 43.9 Å². The van der Waals surface area contributed by atoms with Crippen LogP contribution in [0.5, 0.6) is 0 Å². The predicted molar refractivity (Wildman–Crippen MR) is 96.1 cm³/mol. The summed E-state index contributed by atoms with van der Waals surface area (Å²) in [4.78, 5) is 26.2. The molecule has 0 unspecified atom stereocenters. The van der Waals surface area contributed by atoms with E-state index < -0.39 is 0 Å². The SMILES string of the molecule is CNCCc1ccccc1C(=O)N(C)CC(=O)Nc1ccccc1. The zero-order valence-electron chi connectivity index (χ0n) is 14.1. The summed E-state index contributed by atoms with van der Waals surface area (Å²) in [6, 6.07) is 16.7. The van der Waals surface area contributed by atoms with Crippen molar-refractivity contribution in [1.29, 1.82) is 0 Å². The highest BCUT2D eigenvalue weighted by atomic mass is 16.2. The van der Waals surface area contributed by atoms with Gasteiger partial charge in [-0.05, 0) is 43.8 Å². The molecular weight excluding hydrogens is 302 g/mol. The Balaban J connectivity index is 2.00. The van der Waals surface area contributed by atoms with E-state index in [4.69, 9.17) is 0 Å². The standard InChI is InChI=1S/C19H23N3O2/c1-20-13-12-15-8-6-7-11-17(15)19(24)22(2)14-18(23)21-16-9-4-3-5-10-16/h3-11,20H,12-14H2,1-2H3,(H,21,23). The Bertz CT molecular complexity index is 686. The Morgan fingerprint density at radius 1 is 1.00 bits per heavy atom. The van der Waals surface area contributed by atoms with Crippen LogP contribution in [-0.2, 0) is 11.2 Å². The number of carbonyl (C=O) groups excluding carboxylic acids is 2. The Hall–Kier alpha value is -2.66. The molecule has 0 aliphatic heterocycles. The van der Waals surface area contributed by atoms with E-state index in [1.165, 1.54) is 4.90 Å². The summed E-state index contributed by atoms with van der Waals surface area (Å²) in [5, 5.41) is 5.87. The molecule has 0 aromatic heterocycles. The van der Waals surface area contributed by atoms with Crippen molar-refractivity contribution in [1.82, 2.24) is 10.2 Å². The Morgan fingerprint density at radius 3 is 2.38 bits per heavy atom. The van der Waals surface area contributed by atoms with Gasteiger partial charge >= 0.3 is 0 Å². The number of rotatable bonds is 7. The number of likely N-dealkylation sites (N-methyl/N-ethyl adjacent to an activating group) is 2. The Morgan fingerprint density at radius 2 is 1.67 bits per heavy atom. The van der Waals surface area contributed by atoms with E-state index in [9.17, 15) is 9.59 Å². The lowest BCUT2D eigenvalue weighted by Crippen LogP contribution is -2.35. The maximum Gasteiger partial charge on any atom is 0.254 e. The molecule has 0 aliphatic rings. The largest absolute Gasteiger partial charge is 0.332 e. The van der Waals surface area contributed by atoms with Gasteiger partial charge in [-0.3, -0.25) is 9.59 Å². The van der Waals surface area contributed by atoms with Crippen molar-refractivity contribution in [3.8, 4) is 0 Å². The number of para-hydroxylation sites is 1. The van der Waals surface area contributed by atoms with Crippen LogP contribution < -0.4 is 10.6 Å². The maximum absolute atomic E-state index is 12.6. The van der Waals surface area contributed by atoms with Crippen molar-refractivity contribution < 1.29 is 9.59 Å². The number of carbonyl (C=O) groups is 2. The second-order valence-corrected chi connectivity index (χ2v) is 5.59. The average molecular weight is 325 g/mol. The quantitative estimate of drug-likeness (QED) is 0.820. The second kappa shape index (κ2) is 8.84. The molecule has 5 nitrogen and oxygen atoms in total. The Labute approximate surface area is 142 Å². The number of nitrogens with zero attached hydrogens (tertiary/aromatic N) is 1. The van der Waals surface area contributed by atoms with Crippen LogP contribution in [0.3, 0.4) is 0 Å². The monoisotopic (exact) mass is 325 g/mol. The van der Waals surface area contributed by atoms with E-state index >= 15 is 0 Å². The van der Waals surface area contributed by atoms with E-state index in [2.05, 4.69) is 10.6 Å². The summed E-state index contributed by atoms with van der Waals surface area (Å²) in [5.74, 6) is -0.366. The van der Waals surface area contributed by atoms with Crippen molar-refractivity contribution in [3.05, 3.63) is 65.7 Å². The summed E-state index contributed by atoms with van der Waals surface area (Å²) in [5.41, 5.74) is 2.34. The third-order valence-electron chi connectivity index (χ3n) is 3.68. The van der Waals surface area contributed by atoms with Gasteiger partial charge in [0.1, 0.15) is 0 Å². The molecule has 0 fully saturated rings. The van der Waals surface area contributed by atoms with Crippen LogP contribution in [0.1, 0.15) is 15.9 Å². The van der Waals surface area contributed by atoms with Crippen molar-refractivity contribution in [2.75, 3.05) is 32.5 Å². The minimum Gasteiger partial charge on any atom is -0.332 e. The molecule has 24 heavy (non-hydrogen) atoms. The van der Waals surface area contributed by atoms with Gasteiger partial charge in [0.25, 0.3) is 5.91 Å². The van der Waals surface area contributed by atoms with Crippen LogP contribution >= 0.6 is 0 Å². The highest BCUT2D eigenvalue weighted by Gasteiger charge is 2.17. The van der Waals surface area contributed by atoms with E-state index in [1.54, 1.807) is 13.1 Å². The van der Waals surface area contributed by atoms with Crippen LogP contribution in [0.2, 0.25) is 0 Å². The van der Waals surface area contributed by atoms with Gasteiger partial charge < -0.3 is 15.5 Å². The molecule has 0 saturated heterocycles. The maximum atomic E-state index is 12.6. The minimum atomic E-state index is -0.218. The first-order valence-electron chi connectivity index (χ1n) is 7.94. The summed E-state index contributed by atoms with van der Waals surface area (Å²) < 4.78 is 0. The first-order chi connectivity index (χ1) is 11.6. The molecule has 0 heterocycles. The number of benzene rings is 2. The van der Waals surface area contributed by atoms with E-state index in [0.29, 0.717) is 5.56 Å². The molecule has 2 aromatic rings. The number of hydrogen-bond donors (Lipinski definition) is 2. The first-order valence-corrected chi connectivity index (χ1v) is 7.94. The van der Waals surface area contributed by atoms with Gasteiger partial charge in [-0.1, -0.05) is 36.4 Å². The molecule has 5 heteroatoms. The van der Waals surface area contributed by atoms with E-state index in [-0.39, 0.29) is 18.4 Å². The Kier molecular flexibility index (Phi) is 6.51. The minimum absolute atomic E-state index is 0.00803. The fourth-order valence-corrected chi connectivity index (χ4v) is 2.42. The van der Waals surface area contributed by atoms with Gasteiger partial charge in [-0.15, -0.1) is 0 Å².